The quantitative estimate of drug-likeness (QED) is 0.824. The zero-order valence-electron chi connectivity index (χ0n) is 15.8. The van der Waals surface area contributed by atoms with Crippen molar-refractivity contribution >= 4 is 23.4 Å². The molecule has 6 heteroatoms. The SMILES string of the molecule is CCc1ccccc1N1CC(C(=O)N2CCCC2C(=O)N(C)C)CC1=O. The van der Waals surface area contributed by atoms with E-state index in [9.17, 15) is 14.4 Å². The highest BCUT2D eigenvalue weighted by Gasteiger charge is 2.42. The number of amides is 3. The van der Waals surface area contributed by atoms with Crippen molar-refractivity contribution in [2.75, 3.05) is 32.1 Å². The third-order valence-electron chi connectivity index (χ3n) is 5.40. The fraction of sp³-hybridized carbons (Fsp3) is 0.550. The molecule has 0 radical (unpaired) electrons. The van der Waals surface area contributed by atoms with Gasteiger partial charge in [0.05, 0.1) is 5.92 Å². The summed E-state index contributed by atoms with van der Waals surface area (Å²) in [7, 11) is 3.43. The van der Waals surface area contributed by atoms with Crippen LogP contribution in [0.5, 0.6) is 0 Å². The number of para-hydroxylation sites is 1. The molecule has 0 N–H and O–H groups in total. The maximum absolute atomic E-state index is 13.0. The summed E-state index contributed by atoms with van der Waals surface area (Å²) in [6, 6.07) is 7.46. The fourth-order valence-electron chi connectivity index (χ4n) is 4.00. The lowest BCUT2D eigenvalue weighted by Crippen LogP contribution is -2.47. The molecule has 0 aromatic heterocycles. The molecule has 3 rings (SSSR count). The summed E-state index contributed by atoms with van der Waals surface area (Å²) >= 11 is 0. The maximum Gasteiger partial charge on any atom is 0.244 e. The van der Waals surface area contributed by atoms with E-state index in [0.29, 0.717) is 19.5 Å². The van der Waals surface area contributed by atoms with Gasteiger partial charge in [-0.1, -0.05) is 25.1 Å². The minimum atomic E-state index is -0.385. The molecule has 0 saturated carbocycles. The van der Waals surface area contributed by atoms with Gasteiger partial charge in [-0.05, 0) is 30.9 Å². The van der Waals surface area contributed by atoms with E-state index < -0.39 is 0 Å². The average molecular weight is 357 g/mol. The molecule has 1 aromatic carbocycles. The standard InChI is InChI=1S/C20H27N3O3/c1-4-14-8-5-6-9-16(14)23-13-15(12-18(23)24)19(25)22-11-7-10-17(22)20(26)21(2)3/h5-6,8-9,15,17H,4,7,10-13H2,1-3H3. The number of hydrogen-bond donors (Lipinski definition) is 0. The van der Waals surface area contributed by atoms with E-state index in [-0.39, 0.29) is 36.1 Å². The zero-order chi connectivity index (χ0) is 18.8. The molecule has 140 valence electrons. The van der Waals surface area contributed by atoms with Crippen LogP contribution >= 0.6 is 0 Å². The van der Waals surface area contributed by atoms with Crippen LogP contribution in [0.15, 0.2) is 24.3 Å². The first-order chi connectivity index (χ1) is 12.4. The summed E-state index contributed by atoms with van der Waals surface area (Å²) in [4.78, 5) is 42.9. The summed E-state index contributed by atoms with van der Waals surface area (Å²) in [5.74, 6) is -0.484. The fourth-order valence-corrected chi connectivity index (χ4v) is 4.00. The van der Waals surface area contributed by atoms with Gasteiger partial charge in [-0.2, -0.15) is 0 Å². The van der Waals surface area contributed by atoms with E-state index in [1.165, 1.54) is 0 Å². The van der Waals surface area contributed by atoms with Gasteiger partial charge in [-0.15, -0.1) is 0 Å². The summed E-state index contributed by atoms with van der Waals surface area (Å²) in [6.07, 6.45) is 2.59. The van der Waals surface area contributed by atoms with Crippen molar-refractivity contribution < 1.29 is 14.4 Å². The average Bonchev–Trinajstić information content (AvgIpc) is 3.27. The molecule has 2 saturated heterocycles. The van der Waals surface area contributed by atoms with Crippen molar-refractivity contribution in [3.63, 3.8) is 0 Å². The highest BCUT2D eigenvalue weighted by molar-refractivity contribution is 6.01. The molecule has 26 heavy (non-hydrogen) atoms. The second kappa shape index (κ2) is 7.48. The number of likely N-dealkylation sites (tertiary alicyclic amines) is 1. The molecule has 2 aliphatic rings. The number of carbonyl (C=O) groups excluding carboxylic acids is 3. The van der Waals surface area contributed by atoms with Crippen LogP contribution in [0.2, 0.25) is 0 Å². The van der Waals surface area contributed by atoms with E-state index >= 15 is 0 Å². The second-order valence-corrected chi connectivity index (χ2v) is 7.31. The first-order valence-corrected chi connectivity index (χ1v) is 9.34. The third kappa shape index (κ3) is 3.32. The van der Waals surface area contributed by atoms with Crippen molar-refractivity contribution in [1.82, 2.24) is 9.80 Å². The number of hydrogen-bond acceptors (Lipinski definition) is 3. The largest absolute Gasteiger partial charge is 0.347 e. The molecular weight excluding hydrogens is 330 g/mol. The van der Waals surface area contributed by atoms with Crippen molar-refractivity contribution in [3.8, 4) is 0 Å². The van der Waals surface area contributed by atoms with Crippen LogP contribution in [0.3, 0.4) is 0 Å². The molecule has 2 unspecified atom stereocenters. The van der Waals surface area contributed by atoms with Gasteiger partial charge in [0.25, 0.3) is 0 Å². The lowest BCUT2D eigenvalue weighted by molar-refractivity contribution is -0.144. The number of anilines is 1. The van der Waals surface area contributed by atoms with Crippen LogP contribution in [0.4, 0.5) is 5.69 Å². The van der Waals surface area contributed by atoms with Gasteiger partial charge < -0.3 is 14.7 Å². The van der Waals surface area contributed by atoms with Crippen molar-refractivity contribution in [3.05, 3.63) is 29.8 Å². The Labute approximate surface area is 154 Å². The first kappa shape index (κ1) is 18.4. The summed E-state index contributed by atoms with van der Waals surface area (Å²) in [5, 5.41) is 0. The Morgan fingerprint density at radius 3 is 2.65 bits per heavy atom. The maximum atomic E-state index is 13.0. The van der Waals surface area contributed by atoms with Gasteiger partial charge in [0.15, 0.2) is 0 Å². The smallest absolute Gasteiger partial charge is 0.244 e. The highest BCUT2D eigenvalue weighted by Crippen LogP contribution is 2.31. The predicted molar refractivity (Wildman–Crippen MR) is 99.7 cm³/mol. The topological polar surface area (TPSA) is 60.9 Å². The Bertz CT molecular complexity index is 716. The first-order valence-electron chi connectivity index (χ1n) is 9.34. The highest BCUT2D eigenvalue weighted by atomic mass is 16.2. The van der Waals surface area contributed by atoms with Gasteiger partial charge >= 0.3 is 0 Å². The molecule has 0 bridgehead atoms. The van der Waals surface area contributed by atoms with E-state index in [1.807, 2.05) is 24.3 Å². The molecule has 0 aliphatic carbocycles. The minimum absolute atomic E-state index is 0.0149. The van der Waals surface area contributed by atoms with Gasteiger partial charge in [0.1, 0.15) is 6.04 Å². The Morgan fingerprint density at radius 2 is 1.96 bits per heavy atom. The molecule has 1 aromatic rings. The van der Waals surface area contributed by atoms with Gasteiger partial charge in [-0.25, -0.2) is 0 Å². The number of rotatable bonds is 4. The van der Waals surface area contributed by atoms with Crippen LogP contribution < -0.4 is 4.90 Å². The minimum Gasteiger partial charge on any atom is -0.347 e. The summed E-state index contributed by atoms with van der Waals surface area (Å²) < 4.78 is 0. The van der Waals surface area contributed by atoms with Crippen LogP contribution in [-0.2, 0) is 20.8 Å². The monoisotopic (exact) mass is 357 g/mol. The molecule has 3 amide bonds. The third-order valence-corrected chi connectivity index (χ3v) is 5.40. The summed E-state index contributed by atoms with van der Waals surface area (Å²) in [5.41, 5.74) is 2.01. The van der Waals surface area contributed by atoms with Gasteiger partial charge in [-0.3, -0.25) is 14.4 Å². The van der Waals surface area contributed by atoms with E-state index in [0.717, 1.165) is 24.1 Å². The number of nitrogens with zero attached hydrogens (tertiary/aromatic N) is 3. The normalized spacial score (nSPS) is 22.8. The van der Waals surface area contributed by atoms with Gasteiger partial charge in [0.2, 0.25) is 17.7 Å². The molecule has 2 atom stereocenters. The van der Waals surface area contributed by atoms with E-state index in [4.69, 9.17) is 0 Å². The zero-order valence-corrected chi connectivity index (χ0v) is 15.8. The lowest BCUT2D eigenvalue weighted by atomic mass is 10.1. The number of benzene rings is 1. The Hall–Kier alpha value is -2.37. The Kier molecular flexibility index (Phi) is 5.30. The van der Waals surface area contributed by atoms with E-state index in [2.05, 4.69) is 6.92 Å². The van der Waals surface area contributed by atoms with Crippen LogP contribution in [0.25, 0.3) is 0 Å². The molecule has 2 aliphatic heterocycles. The number of carbonyl (C=O) groups is 3. The second-order valence-electron chi connectivity index (χ2n) is 7.31. The molecule has 0 spiro atoms. The van der Waals surface area contributed by atoms with Crippen LogP contribution in [0, 0.1) is 5.92 Å². The van der Waals surface area contributed by atoms with Crippen molar-refractivity contribution in [2.24, 2.45) is 5.92 Å². The Morgan fingerprint density at radius 1 is 1.23 bits per heavy atom. The molecule has 6 nitrogen and oxygen atoms in total. The van der Waals surface area contributed by atoms with Crippen molar-refractivity contribution in [2.45, 2.75) is 38.6 Å². The van der Waals surface area contributed by atoms with Crippen molar-refractivity contribution in [1.29, 1.82) is 0 Å². The Balaban J connectivity index is 1.76. The number of likely N-dealkylation sites (N-methyl/N-ethyl adjacent to an activating group) is 1. The molecule has 2 heterocycles. The predicted octanol–water partition coefficient (Wildman–Crippen LogP) is 1.68. The van der Waals surface area contributed by atoms with Gasteiger partial charge in [0, 0.05) is 39.3 Å². The summed E-state index contributed by atoms with van der Waals surface area (Å²) in [6.45, 7) is 3.05. The number of aryl methyl sites for hydroxylation is 1. The van der Waals surface area contributed by atoms with E-state index in [1.54, 1.807) is 28.8 Å². The lowest BCUT2D eigenvalue weighted by Gasteiger charge is -2.28. The van der Waals surface area contributed by atoms with Crippen LogP contribution in [-0.4, -0.2) is 60.7 Å². The molecule has 2 fully saturated rings. The van der Waals surface area contributed by atoms with Crippen LogP contribution in [0.1, 0.15) is 31.7 Å². The molecular formula is C20H27N3O3.